The Kier molecular flexibility index (Phi) is 8.69. The van der Waals surface area contributed by atoms with Crippen LogP contribution >= 0.6 is 0 Å². The molecule has 0 spiro atoms. The monoisotopic (exact) mass is 368 g/mol. The molecule has 1 atom stereocenters. The van der Waals surface area contributed by atoms with E-state index in [1.807, 2.05) is 0 Å². The van der Waals surface area contributed by atoms with E-state index in [1.165, 1.54) is 0 Å². The molecule has 0 heterocycles. The minimum absolute atomic E-state index is 0.144. The first-order chi connectivity index (χ1) is 9.68. The van der Waals surface area contributed by atoms with Crippen LogP contribution in [0.4, 0.5) is 0 Å². The molecule has 0 aromatic carbocycles. The van der Waals surface area contributed by atoms with Gasteiger partial charge in [0, 0.05) is 6.61 Å². The van der Waals surface area contributed by atoms with Crippen molar-refractivity contribution in [1.82, 2.24) is 0 Å². The second-order valence-corrected chi connectivity index (χ2v) is 21.2. The number of ether oxygens (including phenoxy) is 1. The summed E-state index contributed by atoms with van der Waals surface area (Å²) < 4.78 is 18.3. The van der Waals surface area contributed by atoms with Crippen molar-refractivity contribution in [2.24, 2.45) is 0 Å². The molecule has 0 aliphatic rings. The molecule has 22 heavy (non-hydrogen) atoms. The van der Waals surface area contributed by atoms with Gasteiger partial charge in [-0.15, -0.1) is 0 Å². The number of rotatable bonds is 11. The van der Waals surface area contributed by atoms with Crippen LogP contribution < -0.4 is 0 Å². The van der Waals surface area contributed by atoms with Gasteiger partial charge < -0.3 is 23.2 Å². The summed E-state index contributed by atoms with van der Waals surface area (Å²) in [5.41, 5.74) is -1.16. The topological polar surface area (TPSA) is 68.2 Å². The third-order valence-electron chi connectivity index (χ3n) is 2.72. The third-order valence-corrected chi connectivity index (χ3v) is 12.3. The molecule has 0 aromatic heterocycles. The molecule has 0 rings (SSSR count). The molecule has 134 valence electrons. The Morgan fingerprint density at radius 3 is 1.73 bits per heavy atom. The van der Waals surface area contributed by atoms with E-state index >= 15 is 0 Å². The van der Waals surface area contributed by atoms with Gasteiger partial charge in [-0.2, -0.15) is 0 Å². The van der Waals surface area contributed by atoms with E-state index in [9.17, 15) is 5.11 Å². The van der Waals surface area contributed by atoms with Crippen molar-refractivity contribution < 1.29 is 23.2 Å². The fraction of sp³-hybridized carbons (Fsp3) is 1.00. The fourth-order valence-electron chi connectivity index (χ4n) is 2.25. The maximum atomic E-state index is 9.68. The van der Waals surface area contributed by atoms with Crippen molar-refractivity contribution >= 4 is 25.2 Å². The van der Waals surface area contributed by atoms with Gasteiger partial charge in [0.1, 0.15) is 5.60 Å². The minimum Gasteiger partial charge on any atom is -0.437 e. The Bertz CT molecular complexity index is 307. The van der Waals surface area contributed by atoms with E-state index in [1.54, 1.807) is 6.92 Å². The van der Waals surface area contributed by atoms with Gasteiger partial charge in [-0.1, -0.05) is 0 Å². The van der Waals surface area contributed by atoms with Crippen LogP contribution in [-0.2, 0) is 13.0 Å². The fourth-order valence-corrected chi connectivity index (χ4v) is 14.8. The van der Waals surface area contributed by atoms with Crippen molar-refractivity contribution in [3.63, 3.8) is 0 Å². The quantitative estimate of drug-likeness (QED) is 0.433. The summed E-state index contributed by atoms with van der Waals surface area (Å²) in [4.78, 5) is 0. The maximum Gasteiger partial charge on any atom is 0.314 e. The lowest BCUT2D eigenvalue weighted by molar-refractivity contribution is -0.0650. The van der Waals surface area contributed by atoms with Gasteiger partial charge in [0.2, 0.25) is 0 Å². The van der Waals surface area contributed by atoms with Gasteiger partial charge >= 0.3 is 8.56 Å². The van der Waals surface area contributed by atoms with Crippen LogP contribution in [0.15, 0.2) is 0 Å². The van der Waals surface area contributed by atoms with Gasteiger partial charge in [-0.3, -0.25) is 0 Å². The SMILES string of the molecule is CC(O)(CO)COCCC[Si](C)(O[Si](C)(C)C)O[Si](C)(C)C. The first-order valence-electron chi connectivity index (χ1n) is 7.99. The zero-order valence-corrected chi connectivity index (χ0v) is 18.7. The highest BCUT2D eigenvalue weighted by molar-refractivity contribution is 6.87. The second-order valence-electron chi connectivity index (χ2n) is 8.37. The van der Waals surface area contributed by atoms with E-state index < -0.39 is 30.8 Å². The van der Waals surface area contributed by atoms with Crippen molar-refractivity contribution in [2.75, 3.05) is 19.8 Å². The van der Waals surface area contributed by atoms with Crippen molar-refractivity contribution in [1.29, 1.82) is 0 Å². The molecule has 0 saturated heterocycles. The summed E-state index contributed by atoms with van der Waals surface area (Å²) in [7, 11) is -5.50. The highest BCUT2D eigenvalue weighted by atomic mass is 28.5. The molecular weight excluding hydrogens is 332 g/mol. The van der Waals surface area contributed by atoms with Crippen molar-refractivity contribution in [2.45, 2.75) is 70.8 Å². The largest absolute Gasteiger partial charge is 0.437 e. The van der Waals surface area contributed by atoms with Crippen molar-refractivity contribution in [3.05, 3.63) is 0 Å². The van der Waals surface area contributed by atoms with Crippen LogP contribution in [0.25, 0.3) is 0 Å². The Morgan fingerprint density at radius 1 is 0.909 bits per heavy atom. The Labute approximate surface area is 139 Å². The van der Waals surface area contributed by atoms with Gasteiger partial charge in [0.05, 0.1) is 13.2 Å². The first kappa shape index (κ1) is 22.5. The molecule has 0 amide bonds. The predicted molar refractivity (Wildman–Crippen MR) is 98.4 cm³/mol. The molecule has 0 bridgehead atoms. The lowest BCUT2D eigenvalue weighted by atomic mass is 10.1. The maximum absolute atomic E-state index is 9.68. The minimum atomic E-state index is -2.19. The molecule has 0 fully saturated rings. The summed E-state index contributed by atoms with van der Waals surface area (Å²) in [5, 5.41) is 18.7. The summed E-state index contributed by atoms with van der Waals surface area (Å²) in [5.74, 6) is 0. The van der Waals surface area contributed by atoms with Gasteiger partial charge in [-0.05, 0) is 65.2 Å². The standard InChI is InChI=1S/C14H36O5Si3/c1-14(16,12-15)13-17-10-9-11-22(8,18-20(2,3)4)19-21(5,6)7/h15-16H,9-13H2,1-8H3. The van der Waals surface area contributed by atoms with Crippen LogP contribution in [0.3, 0.4) is 0 Å². The molecule has 0 saturated carbocycles. The van der Waals surface area contributed by atoms with E-state index in [0.717, 1.165) is 12.5 Å². The smallest absolute Gasteiger partial charge is 0.314 e. The van der Waals surface area contributed by atoms with Gasteiger partial charge in [0.25, 0.3) is 0 Å². The zero-order chi connectivity index (χ0) is 17.7. The lowest BCUT2D eigenvalue weighted by Gasteiger charge is -2.38. The number of hydrogen-bond acceptors (Lipinski definition) is 5. The molecule has 0 aliphatic heterocycles. The van der Waals surface area contributed by atoms with Crippen LogP contribution in [0.5, 0.6) is 0 Å². The molecular formula is C14H36O5Si3. The van der Waals surface area contributed by atoms with Crippen LogP contribution in [0, 0.1) is 0 Å². The second kappa shape index (κ2) is 8.52. The normalized spacial score (nSPS) is 16.6. The molecule has 5 nitrogen and oxygen atoms in total. The molecule has 0 radical (unpaired) electrons. The number of hydrogen-bond donors (Lipinski definition) is 2. The van der Waals surface area contributed by atoms with E-state index in [2.05, 4.69) is 45.8 Å². The Hall–Kier alpha value is 0.451. The predicted octanol–water partition coefficient (Wildman–Crippen LogP) is 2.91. The van der Waals surface area contributed by atoms with Crippen molar-refractivity contribution in [3.8, 4) is 0 Å². The summed E-state index contributed by atoms with van der Waals surface area (Å²) in [6.07, 6.45) is 0.846. The molecule has 8 heteroatoms. The Balaban J connectivity index is 4.42. The third kappa shape index (κ3) is 11.9. The highest BCUT2D eigenvalue weighted by Crippen LogP contribution is 2.25. The van der Waals surface area contributed by atoms with Crippen LogP contribution in [0.1, 0.15) is 13.3 Å². The Morgan fingerprint density at radius 2 is 1.36 bits per heavy atom. The van der Waals surface area contributed by atoms with Gasteiger partial charge in [0.15, 0.2) is 16.6 Å². The first-order valence-corrected chi connectivity index (χ1v) is 17.3. The lowest BCUT2D eigenvalue weighted by Crippen LogP contribution is -2.52. The average molecular weight is 369 g/mol. The number of aliphatic hydroxyl groups excluding tert-OH is 1. The summed E-state index contributed by atoms with van der Waals surface area (Å²) in [6.45, 7) is 17.3. The number of aliphatic hydroxyl groups is 2. The molecule has 1 unspecified atom stereocenters. The average Bonchev–Trinajstić information content (AvgIpc) is 2.22. The van der Waals surface area contributed by atoms with Crippen LogP contribution in [-0.4, -0.2) is 60.8 Å². The van der Waals surface area contributed by atoms with E-state index in [4.69, 9.17) is 18.1 Å². The highest BCUT2D eigenvalue weighted by Gasteiger charge is 2.39. The summed E-state index contributed by atoms with van der Waals surface area (Å²) in [6, 6.07) is 0.892. The molecule has 0 aliphatic carbocycles. The van der Waals surface area contributed by atoms with Crippen LogP contribution in [0.2, 0.25) is 51.9 Å². The van der Waals surface area contributed by atoms with E-state index in [0.29, 0.717) is 6.61 Å². The zero-order valence-electron chi connectivity index (χ0n) is 15.7. The summed E-state index contributed by atoms with van der Waals surface area (Å²) >= 11 is 0. The van der Waals surface area contributed by atoms with E-state index in [-0.39, 0.29) is 13.2 Å². The molecule has 2 N–H and O–H groups in total. The molecule has 0 aromatic rings. The van der Waals surface area contributed by atoms with Gasteiger partial charge in [-0.25, -0.2) is 0 Å².